The first-order valence-electron chi connectivity index (χ1n) is 9.32. The van der Waals surface area contributed by atoms with Gasteiger partial charge in [-0.05, 0) is 64.7 Å². The molecule has 146 valence electrons. The van der Waals surface area contributed by atoms with Gasteiger partial charge in [-0.25, -0.2) is 4.98 Å². The zero-order chi connectivity index (χ0) is 20.7. The van der Waals surface area contributed by atoms with Crippen molar-refractivity contribution in [2.45, 2.75) is 32.9 Å². The molecule has 0 spiro atoms. The number of rotatable bonds is 4. The standard InChI is InChI=1S/C22H18BrClN4O/c1-3-10-27-20-18(26-22(27)23)21(29)28(17-11-16(24)9-4-13(17)2)19(20)15-7-5-14(12-25)6-8-15/h4-9,11,19H,3,10H2,1-2H3/t19-/m1/s1. The number of carbonyl (C=O) groups is 1. The first-order valence-corrected chi connectivity index (χ1v) is 10.5. The number of fused-ring (bicyclic) bond motifs is 1. The van der Waals surface area contributed by atoms with Crippen LogP contribution in [0, 0.1) is 18.3 Å². The Morgan fingerprint density at radius 3 is 2.62 bits per heavy atom. The maximum absolute atomic E-state index is 13.5. The Kier molecular flexibility index (Phi) is 5.20. The van der Waals surface area contributed by atoms with E-state index in [0.29, 0.717) is 21.0 Å². The second-order valence-electron chi connectivity index (χ2n) is 7.01. The molecule has 3 aromatic rings. The summed E-state index contributed by atoms with van der Waals surface area (Å²) in [5, 5.41) is 9.73. The third-order valence-electron chi connectivity index (χ3n) is 5.13. The maximum Gasteiger partial charge on any atom is 0.279 e. The predicted octanol–water partition coefficient (Wildman–Crippen LogP) is 5.64. The van der Waals surface area contributed by atoms with E-state index < -0.39 is 0 Å². The lowest BCUT2D eigenvalue weighted by molar-refractivity contribution is 0.0989. The SMILES string of the molecule is CCCn1c(Br)nc2c1[C@@H](c1ccc(C#N)cc1)N(c1cc(Cl)ccc1C)C2=O. The lowest BCUT2D eigenvalue weighted by Crippen LogP contribution is -2.30. The summed E-state index contributed by atoms with van der Waals surface area (Å²) in [7, 11) is 0. The van der Waals surface area contributed by atoms with Gasteiger partial charge >= 0.3 is 0 Å². The van der Waals surface area contributed by atoms with Gasteiger partial charge in [0.15, 0.2) is 10.4 Å². The van der Waals surface area contributed by atoms with Crippen LogP contribution in [0.3, 0.4) is 0 Å². The molecule has 4 rings (SSSR count). The molecule has 5 nitrogen and oxygen atoms in total. The molecule has 0 bridgehead atoms. The molecular weight excluding hydrogens is 452 g/mol. The van der Waals surface area contributed by atoms with Crippen molar-refractivity contribution >= 4 is 39.1 Å². The van der Waals surface area contributed by atoms with Gasteiger partial charge in [0.05, 0.1) is 17.3 Å². The van der Waals surface area contributed by atoms with Crippen LogP contribution < -0.4 is 4.90 Å². The van der Waals surface area contributed by atoms with Crippen molar-refractivity contribution < 1.29 is 4.79 Å². The molecule has 0 radical (unpaired) electrons. The third kappa shape index (κ3) is 3.25. The quantitative estimate of drug-likeness (QED) is 0.497. The minimum Gasteiger partial charge on any atom is -0.320 e. The number of nitriles is 1. The Morgan fingerprint density at radius 2 is 1.97 bits per heavy atom. The van der Waals surface area contributed by atoms with Crippen LogP contribution in [0.25, 0.3) is 0 Å². The molecule has 0 saturated heterocycles. The number of aromatic nitrogens is 2. The number of carbonyl (C=O) groups excluding carboxylic acids is 1. The van der Waals surface area contributed by atoms with Crippen molar-refractivity contribution in [3.8, 4) is 6.07 Å². The highest BCUT2D eigenvalue weighted by molar-refractivity contribution is 9.10. The number of hydrogen-bond donors (Lipinski definition) is 0. The van der Waals surface area contributed by atoms with Gasteiger partial charge in [0, 0.05) is 17.3 Å². The molecule has 0 aliphatic carbocycles. The van der Waals surface area contributed by atoms with Crippen molar-refractivity contribution in [1.29, 1.82) is 5.26 Å². The molecule has 1 aliphatic heterocycles. The van der Waals surface area contributed by atoms with Crippen molar-refractivity contribution in [2.75, 3.05) is 4.90 Å². The van der Waals surface area contributed by atoms with Gasteiger partial charge in [0.1, 0.15) is 6.04 Å². The average Bonchev–Trinajstić information content (AvgIpc) is 3.18. The van der Waals surface area contributed by atoms with Crippen LogP contribution in [0.2, 0.25) is 5.02 Å². The Balaban J connectivity index is 1.96. The van der Waals surface area contributed by atoms with Crippen LogP contribution in [-0.4, -0.2) is 15.5 Å². The van der Waals surface area contributed by atoms with Gasteiger partial charge in [-0.15, -0.1) is 0 Å². The molecule has 1 amide bonds. The summed E-state index contributed by atoms with van der Waals surface area (Å²) in [5.41, 5.74) is 4.50. The number of benzene rings is 2. The summed E-state index contributed by atoms with van der Waals surface area (Å²) in [4.78, 5) is 19.8. The summed E-state index contributed by atoms with van der Waals surface area (Å²) >= 11 is 9.78. The minimum absolute atomic E-state index is 0.157. The fraction of sp³-hybridized carbons (Fsp3) is 0.227. The molecule has 0 N–H and O–H groups in total. The van der Waals surface area contributed by atoms with Gasteiger partial charge < -0.3 is 4.57 Å². The van der Waals surface area contributed by atoms with E-state index in [2.05, 4.69) is 38.5 Å². The molecule has 1 aromatic heterocycles. The summed E-state index contributed by atoms with van der Waals surface area (Å²) < 4.78 is 2.70. The molecule has 2 aromatic carbocycles. The summed E-state index contributed by atoms with van der Waals surface area (Å²) in [6.07, 6.45) is 0.909. The number of aryl methyl sites for hydroxylation is 1. The highest BCUT2D eigenvalue weighted by Crippen LogP contribution is 2.44. The van der Waals surface area contributed by atoms with Gasteiger partial charge in [-0.1, -0.05) is 36.7 Å². The summed E-state index contributed by atoms with van der Waals surface area (Å²) in [6.45, 7) is 4.79. The molecule has 29 heavy (non-hydrogen) atoms. The highest BCUT2D eigenvalue weighted by Gasteiger charge is 2.44. The minimum atomic E-state index is -0.354. The van der Waals surface area contributed by atoms with Crippen molar-refractivity contribution in [2.24, 2.45) is 0 Å². The van der Waals surface area contributed by atoms with Crippen molar-refractivity contribution in [3.63, 3.8) is 0 Å². The highest BCUT2D eigenvalue weighted by atomic mass is 79.9. The first kappa shape index (κ1) is 19.7. The van der Waals surface area contributed by atoms with Crippen molar-refractivity contribution in [1.82, 2.24) is 9.55 Å². The van der Waals surface area contributed by atoms with Crippen LogP contribution in [0.4, 0.5) is 5.69 Å². The Hall–Kier alpha value is -2.62. The Labute approximate surface area is 182 Å². The number of hydrogen-bond acceptors (Lipinski definition) is 3. The Morgan fingerprint density at radius 1 is 1.24 bits per heavy atom. The fourth-order valence-corrected chi connectivity index (χ4v) is 4.51. The normalized spacial score (nSPS) is 15.5. The maximum atomic E-state index is 13.5. The number of halogens is 2. The fourth-order valence-electron chi connectivity index (χ4n) is 3.80. The van der Waals surface area contributed by atoms with E-state index >= 15 is 0 Å². The second-order valence-corrected chi connectivity index (χ2v) is 8.15. The molecule has 7 heteroatoms. The van der Waals surface area contributed by atoms with Crippen molar-refractivity contribution in [3.05, 3.63) is 80.3 Å². The molecule has 0 unspecified atom stereocenters. The van der Waals surface area contributed by atoms with E-state index in [1.165, 1.54) is 0 Å². The van der Waals surface area contributed by atoms with E-state index in [9.17, 15) is 4.79 Å². The molecule has 1 aliphatic rings. The number of amides is 1. The van der Waals surface area contributed by atoms with Crippen LogP contribution in [0.5, 0.6) is 0 Å². The van der Waals surface area contributed by atoms with Crippen LogP contribution in [0.1, 0.15) is 52.3 Å². The van der Waals surface area contributed by atoms with Crippen LogP contribution >= 0.6 is 27.5 Å². The van der Waals surface area contributed by atoms with E-state index in [0.717, 1.165) is 35.5 Å². The van der Waals surface area contributed by atoms with Gasteiger partial charge in [0.2, 0.25) is 0 Å². The lowest BCUT2D eigenvalue weighted by Gasteiger charge is -2.28. The number of imidazole rings is 1. The molecule has 1 atom stereocenters. The van der Waals surface area contributed by atoms with E-state index in [1.807, 2.05) is 37.3 Å². The number of anilines is 1. The average molecular weight is 470 g/mol. The van der Waals surface area contributed by atoms with Crippen LogP contribution in [0.15, 0.2) is 47.2 Å². The van der Waals surface area contributed by atoms with E-state index in [1.54, 1.807) is 17.0 Å². The molecular formula is C22H18BrClN4O. The van der Waals surface area contributed by atoms with Gasteiger partial charge in [-0.3, -0.25) is 9.69 Å². The first-order chi connectivity index (χ1) is 14.0. The van der Waals surface area contributed by atoms with Gasteiger partial charge in [-0.2, -0.15) is 5.26 Å². The van der Waals surface area contributed by atoms with E-state index in [4.69, 9.17) is 16.9 Å². The Bertz CT molecular complexity index is 1150. The topological polar surface area (TPSA) is 61.9 Å². The third-order valence-corrected chi connectivity index (χ3v) is 5.97. The zero-order valence-corrected chi connectivity index (χ0v) is 18.3. The summed E-state index contributed by atoms with van der Waals surface area (Å²) in [6, 6.07) is 14.7. The molecule has 0 fully saturated rings. The summed E-state index contributed by atoms with van der Waals surface area (Å²) in [5.74, 6) is -0.157. The smallest absolute Gasteiger partial charge is 0.279 e. The van der Waals surface area contributed by atoms with Crippen LogP contribution in [-0.2, 0) is 6.54 Å². The number of nitrogens with zero attached hydrogens (tertiary/aromatic N) is 4. The molecule has 0 saturated carbocycles. The second kappa shape index (κ2) is 7.66. The zero-order valence-electron chi connectivity index (χ0n) is 16.0. The predicted molar refractivity (Wildman–Crippen MR) is 116 cm³/mol. The van der Waals surface area contributed by atoms with Gasteiger partial charge in [0.25, 0.3) is 5.91 Å². The monoisotopic (exact) mass is 468 g/mol. The molecule has 2 heterocycles. The lowest BCUT2D eigenvalue weighted by atomic mass is 10.0. The largest absolute Gasteiger partial charge is 0.320 e. The van der Waals surface area contributed by atoms with E-state index in [-0.39, 0.29) is 11.9 Å².